The Hall–Kier alpha value is -1.85. The summed E-state index contributed by atoms with van der Waals surface area (Å²) in [6.07, 6.45) is 1.81. The fourth-order valence-electron chi connectivity index (χ4n) is 3.33. The minimum atomic E-state index is 0. The summed E-state index contributed by atoms with van der Waals surface area (Å²) in [5, 5.41) is 8.61. The minimum absolute atomic E-state index is 0. The highest BCUT2D eigenvalue weighted by Crippen LogP contribution is 2.23. The van der Waals surface area contributed by atoms with E-state index in [-0.39, 0.29) is 36.4 Å². The van der Waals surface area contributed by atoms with Crippen LogP contribution in [0.15, 0.2) is 40.7 Å². The topological polar surface area (TPSA) is 75.2 Å². The number of nitrogens with one attached hydrogen (secondary N) is 2. The van der Waals surface area contributed by atoms with Crippen molar-refractivity contribution in [2.24, 2.45) is 4.99 Å². The van der Waals surface area contributed by atoms with Crippen LogP contribution < -0.4 is 15.4 Å². The SMILES string of the molecule is CCOCCCNC(=NCc1ccc(OC)cc1)NCC(=O)N1CCc2sccc2C1.I. The van der Waals surface area contributed by atoms with Crippen molar-refractivity contribution in [3.05, 3.63) is 51.7 Å². The van der Waals surface area contributed by atoms with Crippen LogP contribution in [-0.2, 0) is 29.0 Å². The van der Waals surface area contributed by atoms with Crippen molar-refractivity contribution in [3.63, 3.8) is 0 Å². The van der Waals surface area contributed by atoms with Crippen LogP contribution in [0.2, 0.25) is 0 Å². The van der Waals surface area contributed by atoms with Gasteiger partial charge in [-0.25, -0.2) is 4.99 Å². The van der Waals surface area contributed by atoms with Crippen LogP contribution in [0.5, 0.6) is 5.75 Å². The molecule has 176 valence electrons. The first-order chi connectivity index (χ1) is 15.2. The van der Waals surface area contributed by atoms with E-state index >= 15 is 0 Å². The van der Waals surface area contributed by atoms with E-state index in [4.69, 9.17) is 9.47 Å². The number of halogens is 1. The Bertz CT molecular complexity index is 857. The molecule has 0 saturated carbocycles. The van der Waals surface area contributed by atoms with Crippen molar-refractivity contribution < 1.29 is 14.3 Å². The van der Waals surface area contributed by atoms with Crippen molar-refractivity contribution in [2.45, 2.75) is 32.9 Å². The van der Waals surface area contributed by atoms with E-state index in [2.05, 4.69) is 27.1 Å². The largest absolute Gasteiger partial charge is 0.497 e. The number of fused-ring (bicyclic) bond motifs is 1. The smallest absolute Gasteiger partial charge is 0.242 e. The molecule has 1 aliphatic rings. The molecule has 0 radical (unpaired) electrons. The Morgan fingerprint density at radius 2 is 2.03 bits per heavy atom. The van der Waals surface area contributed by atoms with Crippen LogP contribution in [0, 0.1) is 0 Å². The Labute approximate surface area is 211 Å². The van der Waals surface area contributed by atoms with Crippen LogP contribution in [0.25, 0.3) is 0 Å². The number of ether oxygens (including phenoxy) is 2. The number of carbonyl (C=O) groups excluding carboxylic acids is 1. The summed E-state index contributed by atoms with van der Waals surface area (Å²) in [4.78, 5) is 20.7. The van der Waals surface area contributed by atoms with E-state index in [1.165, 1.54) is 10.4 Å². The third-order valence-electron chi connectivity index (χ3n) is 5.11. The monoisotopic (exact) mass is 572 g/mol. The van der Waals surface area contributed by atoms with Crippen molar-refractivity contribution in [3.8, 4) is 5.75 Å². The molecule has 7 nitrogen and oxygen atoms in total. The Kier molecular flexibility index (Phi) is 11.8. The molecule has 0 spiro atoms. The van der Waals surface area contributed by atoms with E-state index in [1.807, 2.05) is 36.1 Å². The number of methoxy groups -OCH3 is 1. The summed E-state index contributed by atoms with van der Waals surface area (Å²) >= 11 is 1.78. The van der Waals surface area contributed by atoms with E-state index < -0.39 is 0 Å². The van der Waals surface area contributed by atoms with Crippen LogP contribution in [-0.4, -0.2) is 56.7 Å². The molecular formula is C23H33IN4O3S. The predicted molar refractivity (Wildman–Crippen MR) is 140 cm³/mol. The maximum atomic E-state index is 12.7. The number of hydrogen-bond acceptors (Lipinski definition) is 5. The standard InChI is InChI=1S/C23H32N4O3S.HI/c1-3-30-13-4-11-24-23(25-15-18-5-7-20(29-2)8-6-18)26-16-22(28)27-12-9-21-19(17-27)10-14-31-21;/h5-8,10,14H,3-4,9,11-13,15-17H2,1-2H3,(H2,24,25,26);1H. The van der Waals surface area contributed by atoms with Crippen molar-refractivity contribution in [1.29, 1.82) is 0 Å². The summed E-state index contributed by atoms with van der Waals surface area (Å²) < 4.78 is 10.6. The fourth-order valence-corrected chi connectivity index (χ4v) is 4.22. The second-order valence-electron chi connectivity index (χ2n) is 7.28. The Morgan fingerprint density at radius 1 is 1.22 bits per heavy atom. The minimum Gasteiger partial charge on any atom is -0.497 e. The van der Waals surface area contributed by atoms with Gasteiger partial charge in [0.25, 0.3) is 0 Å². The highest BCUT2D eigenvalue weighted by Gasteiger charge is 2.21. The summed E-state index contributed by atoms with van der Waals surface area (Å²) in [7, 11) is 1.65. The van der Waals surface area contributed by atoms with Gasteiger partial charge in [0, 0.05) is 37.7 Å². The number of nitrogens with zero attached hydrogens (tertiary/aromatic N) is 2. The molecule has 9 heteroatoms. The van der Waals surface area contributed by atoms with Crippen LogP contribution >= 0.6 is 35.3 Å². The number of carbonyl (C=O) groups is 1. The average molecular weight is 573 g/mol. The van der Waals surface area contributed by atoms with Gasteiger partial charge in [-0.15, -0.1) is 35.3 Å². The molecule has 0 bridgehead atoms. The van der Waals surface area contributed by atoms with E-state index in [0.717, 1.165) is 37.2 Å². The van der Waals surface area contributed by atoms with Gasteiger partial charge in [0.2, 0.25) is 5.91 Å². The third kappa shape index (κ3) is 8.25. The second kappa shape index (κ2) is 14.3. The van der Waals surface area contributed by atoms with Crippen LogP contribution in [0.4, 0.5) is 0 Å². The van der Waals surface area contributed by atoms with Gasteiger partial charge in [0.05, 0.1) is 20.2 Å². The molecule has 0 unspecified atom stereocenters. The maximum Gasteiger partial charge on any atom is 0.242 e. The van der Waals surface area contributed by atoms with Gasteiger partial charge in [0.1, 0.15) is 5.75 Å². The first kappa shape index (κ1) is 26.4. The van der Waals surface area contributed by atoms with Crippen molar-refractivity contribution in [2.75, 3.05) is 40.0 Å². The number of guanidine groups is 1. The number of benzene rings is 1. The molecule has 2 N–H and O–H groups in total. The lowest BCUT2D eigenvalue weighted by Gasteiger charge is -2.27. The molecule has 0 aliphatic carbocycles. The molecule has 1 amide bonds. The first-order valence-electron chi connectivity index (χ1n) is 10.8. The lowest BCUT2D eigenvalue weighted by Crippen LogP contribution is -2.46. The lowest BCUT2D eigenvalue weighted by molar-refractivity contribution is -0.130. The molecule has 2 aromatic rings. The number of aliphatic imine (C=N–C) groups is 1. The second-order valence-corrected chi connectivity index (χ2v) is 8.28. The lowest BCUT2D eigenvalue weighted by atomic mass is 10.1. The quantitative estimate of drug-likeness (QED) is 0.198. The van der Waals surface area contributed by atoms with Gasteiger partial charge >= 0.3 is 0 Å². The van der Waals surface area contributed by atoms with Gasteiger partial charge in [-0.05, 0) is 54.5 Å². The van der Waals surface area contributed by atoms with Crippen LogP contribution in [0.1, 0.15) is 29.3 Å². The Balaban J connectivity index is 0.00000363. The molecule has 2 heterocycles. The third-order valence-corrected chi connectivity index (χ3v) is 6.13. The molecule has 0 fully saturated rings. The van der Waals surface area contributed by atoms with Gasteiger partial charge in [0.15, 0.2) is 5.96 Å². The summed E-state index contributed by atoms with van der Waals surface area (Å²) in [6.45, 7) is 6.33. The fraction of sp³-hybridized carbons (Fsp3) is 0.478. The molecule has 1 aliphatic heterocycles. The molecular weight excluding hydrogens is 539 g/mol. The zero-order valence-electron chi connectivity index (χ0n) is 18.8. The number of thiophene rings is 1. The molecule has 1 aromatic carbocycles. The normalized spacial score (nSPS) is 13.2. The highest BCUT2D eigenvalue weighted by atomic mass is 127. The average Bonchev–Trinajstić information content (AvgIpc) is 3.28. The summed E-state index contributed by atoms with van der Waals surface area (Å²) in [5.41, 5.74) is 2.34. The van der Waals surface area contributed by atoms with Gasteiger partial charge < -0.3 is 25.0 Å². The van der Waals surface area contributed by atoms with Gasteiger partial charge in [-0.1, -0.05) is 12.1 Å². The zero-order chi connectivity index (χ0) is 21.9. The zero-order valence-corrected chi connectivity index (χ0v) is 21.9. The van der Waals surface area contributed by atoms with Crippen molar-refractivity contribution >= 4 is 47.2 Å². The van der Waals surface area contributed by atoms with E-state index in [0.29, 0.717) is 32.3 Å². The number of hydrogen-bond donors (Lipinski definition) is 2. The van der Waals surface area contributed by atoms with Crippen molar-refractivity contribution in [1.82, 2.24) is 15.5 Å². The van der Waals surface area contributed by atoms with Gasteiger partial charge in [-0.3, -0.25) is 4.79 Å². The number of rotatable bonds is 10. The maximum absolute atomic E-state index is 12.7. The number of amides is 1. The summed E-state index contributed by atoms with van der Waals surface area (Å²) in [6, 6.07) is 9.95. The van der Waals surface area contributed by atoms with E-state index in [9.17, 15) is 4.79 Å². The molecule has 3 rings (SSSR count). The molecule has 0 atom stereocenters. The molecule has 32 heavy (non-hydrogen) atoms. The Morgan fingerprint density at radius 3 is 2.78 bits per heavy atom. The van der Waals surface area contributed by atoms with Crippen LogP contribution in [0.3, 0.4) is 0 Å². The first-order valence-corrected chi connectivity index (χ1v) is 11.6. The molecule has 1 aromatic heterocycles. The molecule has 0 saturated heterocycles. The predicted octanol–water partition coefficient (Wildman–Crippen LogP) is 3.42. The summed E-state index contributed by atoms with van der Waals surface area (Å²) in [5.74, 6) is 1.54. The highest BCUT2D eigenvalue weighted by molar-refractivity contribution is 14.0. The van der Waals surface area contributed by atoms with E-state index in [1.54, 1.807) is 18.4 Å². The van der Waals surface area contributed by atoms with Gasteiger partial charge in [-0.2, -0.15) is 0 Å².